The summed E-state index contributed by atoms with van der Waals surface area (Å²) in [6.45, 7) is 11.6. The largest absolute Gasteiger partial charge is 0.479 e. The number of ether oxygens (including phenoxy) is 1. The highest BCUT2D eigenvalue weighted by Gasteiger charge is 2.24. The van der Waals surface area contributed by atoms with Crippen molar-refractivity contribution in [1.29, 1.82) is 0 Å². The molecule has 7 heteroatoms. The number of benzene rings is 1. The molecule has 2 amide bonds. The van der Waals surface area contributed by atoms with Gasteiger partial charge < -0.3 is 15.4 Å². The second kappa shape index (κ2) is 8.71. The van der Waals surface area contributed by atoms with Crippen LogP contribution < -0.4 is 15.4 Å². The SMILES string of the molecule is CC(C)CNC(=O)CN1CCN(Cc2ccc3c(c2)NC(=O)C(C)O3)CC1. The Bertz CT molecular complexity index is 684. The zero-order valence-corrected chi connectivity index (χ0v) is 16.5. The first-order chi connectivity index (χ1) is 12.9. The van der Waals surface area contributed by atoms with Crippen LogP contribution in [0.3, 0.4) is 0 Å². The molecule has 0 aromatic heterocycles. The van der Waals surface area contributed by atoms with Crippen molar-refractivity contribution in [3.8, 4) is 5.75 Å². The van der Waals surface area contributed by atoms with E-state index in [9.17, 15) is 9.59 Å². The molecular formula is C20H30N4O3. The molecule has 3 rings (SSSR count). The van der Waals surface area contributed by atoms with Crippen LogP contribution >= 0.6 is 0 Å². The number of fused-ring (bicyclic) bond motifs is 1. The number of amides is 2. The van der Waals surface area contributed by atoms with Crippen molar-refractivity contribution < 1.29 is 14.3 Å². The van der Waals surface area contributed by atoms with Gasteiger partial charge in [0.1, 0.15) is 5.75 Å². The second-order valence-electron chi connectivity index (χ2n) is 7.83. The molecule has 1 unspecified atom stereocenters. The molecule has 1 aromatic rings. The highest BCUT2D eigenvalue weighted by molar-refractivity contribution is 5.97. The van der Waals surface area contributed by atoms with E-state index in [-0.39, 0.29) is 11.8 Å². The number of nitrogens with one attached hydrogen (secondary N) is 2. The molecular weight excluding hydrogens is 344 g/mol. The molecule has 2 aliphatic heterocycles. The molecule has 0 spiro atoms. The second-order valence-corrected chi connectivity index (χ2v) is 7.83. The van der Waals surface area contributed by atoms with Crippen LogP contribution in [0.25, 0.3) is 0 Å². The minimum Gasteiger partial charge on any atom is -0.479 e. The number of hydrogen-bond donors (Lipinski definition) is 2. The molecule has 2 N–H and O–H groups in total. The van der Waals surface area contributed by atoms with Crippen LogP contribution in [0, 0.1) is 5.92 Å². The Hall–Kier alpha value is -2.12. The zero-order chi connectivity index (χ0) is 19.4. The molecule has 148 valence electrons. The molecule has 0 saturated carbocycles. The quantitative estimate of drug-likeness (QED) is 0.785. The van der Waals surface area contributed by atoms with Crippen LogP contribution in [-0.4, -0.2) is 67.0 Å². The van der Waals surface area contributed by atoms with E-state index in [0.717, 1.165) is 56.3 Å². The van der Waals surface area contributed by atoms with Crippen LogP contribution in [0.4, 0.5) is 5.69 Å². The molecule has 0 bridgehead atoms. The van der Waals surface area contributed by atoms with E-state index in [4.69, 9.17) is 4.74 Å². The van der Waals surface area contributed by atoms with Gasteiger partial charge in [-0.2, -0.15) is 0 Å². The molecule has 1 aromatic carbocycles. The maximum atomic E-state index is 12.0. The maximum Gasteiger partial charge on any atom is 0.265 e. The monoisotopic (exact) mass is 374 g/mol. The molecule has 2 aliphatic rings. The highest BCUT2D eigenvalue weighted by Crippen LogP contribution is 2.30. The van der Waals surface area contributed by atoms with Crippen molar-refractivity contribution in [1.82, 2.24) is 15.1 Å². The lowest BCUT2D eigenvalue weighted by atomic mass is 10.1. The number of nitrogens with zero attached hydrogens (tertiary/aromatic N) is 2. The van der Waals surface area contributed by atoms with Crippen molar-refractivity contribution >= 4 is 17.5 Å². The molecule has 1 atom stereocenters. The van der Waals surface area contributed by atoms with Gasteiger partial charge in [-0.3, -0.25) is 19.4 Å². The van der Waals surface area contributed by atoms with Crippen molar-refractivity contribution in [3.05, 3.63) is 23.8 Å². The molecule has 27 heavy (non-hydrogen) atoms. The maximum absolute atomic E-state index is 12.0. The Labute approximate surface area is 161 Å². The Balaban J connectivity index is 1.46. The van der Waals surface area contributed by atoms with Crippen LogP contribution in [0.1, 0.15) is 26.3 Å². The molecule has 1 fully saturated rings. The molecule has 0 aliphatic carbocycles. The summed E-state index contributed by atoms with van der Waals surface area (Å²) < 4.78 is 5.60. The average molecular weight is 374 g/mol. The zero-order valence-electron chi connectivity index (χ0n) is 16.5. The summed E-state index contributed by atoms with van der Waals surface area (Å²) in [5.74, 6) is 1.20. The lowest BCUT2D eigenvalue weighted by molar-refractivity contribution is -0.123. The first-order valence-electron chi connectivity index (χ1n) is 9.72. The third kappa shape index (κ3) is 5.43. The van der Waals surface area contributed by atoms with Crippen LogP contribution in [0.5, 0.6) is 5.75 Å². The number of anilines is 1. The smallest absolute Gasteiger partial charge is 0.265 e. The van der Waals surface area contributed by atoms with E-state index < -0.39 is 6.10 Å². The van der Waals surface area contributed by atoms with Gasteiger partial charge in [0.05, 0.1) is 12.2 Å². The molecule has 1 saturated heterocycles. The molecule has 7 nitrogen and oxygen atoms in total. The molecule has 0 radical (unpaired) electrons. The Morgan fingerprint density at radius 1 is 1.26 bits per heavy atom. The van der Waals surface area contributed by atoms with Crippen LogP contribution in [0.15, 0.2) is 18.2 Å². The van der Waals surface area contributed by atoms with Crippen LogP contribution in [-0.2, 0) is 16.1 Å². The van der Waals surface area contributed by atoms with E-state index >= 15 is 0 Å². The summed E-state index contributed by atoms with van der Waals surface area (Å²) in [4.78, 5) is 28.3. The highest BCUT2D eigenvalue weighted by atomic mass is 16.5. The summed E-state index contributed by atoms with van der Waals surface area (Å²) in [6, 6.07) is 5.97. The van der Waals surface area contributed by atoms with Gasteiger partial charge in [-0.1, -0.05) is 19.9 Å². The number of carbonyl (C=O) groups excluding carboxylic acids is 2. The number of hydrogen-bond acceptors (Lipinski definition) is 5. The molecule has 2 heterocycles. The minimum atomic E-state index is -0.450. The van der Waals surface area contributed by atoms with Gasteiger partial charge in [0.2, 0.25) is 5.91 Å². The van der Waals surface area contributed by atoms with Gasteiger partial charge in [-0.25, -0.2) is 0 Å². The van der Waals surface area contributed by atoms with Gasteiger partial charge in [0.15, 0.2) is 6.10 Å². The van der Waals surface area contributed by atoms with E-state index in [1.807, 2.05) is 12.1 Å². The lowest BCUT2D eigenvalue weighted by Crippen LogP contribution is -2.49. The first-order valence-corrected chi connectivity index (χ1v) is 9.72. The summed E-state index contributed by atoms with van der Waals surface area (Å²) >= 11 is 0. The van der Waals surface area contributed by atoms with E-state index in [0.29, 0.717) is 12.5 Å². The normalized spacial score (nSPS) is 20.7. The topological polar surface area (TPSA) is 73.9 Å². The van der Waals surface area contributed by atoms with Gasteiger partial charge >= 0.3 is 0 Å². The van der Waals surface area contributed by atoms with Crippen molar-refractivity contribution in [3.63, 3.8) is 0 Å². The fourth-order valence-corrected chi connectivity index (χ4v) is 3.29. The van der Waals surface area contributed by atoms with E-state index in [1.54, 1.807) is 6.92 Å². The number of rotatable bonds is 6. The fourth-order valence-electron chi connectivity index (χ4n) is 3.29. The van der Waals surface area contributed by atoms with Crippen molar-refractivity contribution in [2.45, 2.75) is 33.4 Å². The first kappa shape index (κ1) is 19.6. The van der Waals surface area contributed by atoms with Crippen molar-refractivity contribution in [2.75, 3.05) is 44.6 Å². The van der Waals surface area contributed by atoms with E-state index in [2.05, 4.69) is 40.3 Å². The Morgan fingerprint density at radius 2 is 1.96 bits per heavy atom. The number of piperazine rings is 1. The summed E-state index contributed by atoms with van der Waals surface area (Å²) in [6.07, 6.45) is -0.450. The summed E-state index contributed by atoms with van der Waals surface area (Å²) in [5, 5.41) is 5.88. The van der Waals surface area contributed by atoms with Crippen molar-refractivity contribution in [2.24, 2.45) is 5.92 Å². The van der Waals surface area contributed by atoms with Gasteiger partial charge in [-0.05, 0) is 30.5 Å². The van der Waals surface area contributed by atoms with Gasteiger partial charge in [-0.15, -0.1) is 0 Å². The minimum absolute atomic E-state index is 0.107. The number of carbonyl (C=O) groups is 2. The van der Waals surface area contributed by atoms with E-state index in [1.165, 1.54) is 0 Å². The van der Waals surface area contributed by atoms with Gasteiger partial charge in [0, 0.05) is 39.3 Å². The van der Waals surface area contributed by atoms with Gasteiger partial charge in [0.25, 0.3) is 5.91 Å². The Kier molecular flexibility index (Phi) is 6.34. The lowest BCUT2D eigenvalue weighted by Gasteiger charge is -2.34. The third-order valence-corrected chi connectivity index (χ3v) is 4.92. The average Bonchev–Trinajstić information content (AvgIpc) is 2.63. The Morgan fingerprint density at radius 3 is 2.67 bits per heavy atom. The predicted octanol–water partition coefficient (Wildman–Crippen LogP) is 1.30. The third-order valence-electron chi connectivity index (χ3n) is 4.92. The predicted molar refractivity (Wildman–Crippen MR) is 105 cm³/mol. The fraction of sp³-hybridized carbons (Fsp3) is 0.600. The summed E-state index contributed by atoms with van der Waals surface area (Å²) in [5.41, 5.74) is 1.89. The standard InChI is InChI=1S/C20H30N4O3/c1-14(2)11-21-19(25)13-24-8-6-23(7-9-24)12-16-4-5-18-17(10-16)22-20(26)15(3)27-18/h4-5,10,14-15H,6-9,11-13H2,1-3H3,(H,21,25)(H,22,26). The van der Waals surface area contributed by atoms with Crippen LogP contribution in [0.2, 0.25) is 0 Å². The summed E-state index contributed by atoms with van der Waals surface area (Å²) in [7, 11) is 0.